The lowest BCUT2D eigenvalue weighted by Gasteiger charge is -2.26. The third kappa shape index (κ3) is 5.25. The molecule has 0 unspecified atom stereocenters. The van der Waals surface area contributed by atoms with Gasteiger partial charge in [-0.05, 0) is 50.1 Å². The summed E-state index contributed by atoms with van der Waals surface area (Å²) in [4.78, 5) is 13.2. The molecular formula is C26H26Cl2N4O. The number of hydrogen-bond donors (Lipinski definition) is 1. The fraction of sp³-hybridized carbons (Fsp3) is 0.308. The number of hydrazine groups is 1. The van der Waals surface area contributed by atoms with Gasteiger partial charge in [-0.3, -0.25) is 10.2 Å². The molecule has 7 heteroatoms. The lowest BCUT2D eigenvalue weighted by molar-refractivity contribution is 0.0743. The Morgan fingerprint density at radius 1 is 1.09 bits per heavy atom. The zero-order valence-corrected chi connectivity index (χ0v) is 20.3. The molecule has 0 atom stereocenters. The summed E-state index contributed by atoms with van der Waals surface area (Å²) in [5, 5.41) is 7.68. The Bertz CT molecular complexity index is 1220. The van der Waals surface area contributed by atoms with Gasteiger partial charge in [0.05, 0.1) is 16.4 Å². The van der Waals surface area contributed by atoms with Crippen LogP contribution in [0.4, 0.5) is 0 Å². The fourth-order valence-electron chi connectivity index (χ4n) is 3.98. The molecule has 5 nitrogen and oxygen atoms in total. The number of benzene rings is 2. The first-order chi connectivity index (χ1) is 16.0. The highest BCUT2D eigenvalue weighted by Crippen LogP contribution is 2.33. The third-order valence-corrected chi connectivity index (χ3v) is 6.20. The summed E-state index contributed by atoms with van der Waals surface area (Å²) >= 11 is 12.6. The Morgan fingerprint density at radius 3 is 2.48 bits per heavy atom. The van der Waals surface area contributed by atoms with Crippen LogP contribution in [0.5, 0.6) is 0 Å². The average Bonchev–Trinajstić information content (AvgIpc) is 3.15. The van der Waals surface area contributed by atoms with E-state index >= 15 is 0 Å². The van der Waals surface area contributed by atoms with E-state index in [1.54, 1.807) is 16.8 Å². The molecule has 2 heterocycles. The Kier molecular flexibility index (Phi) is 7.39. The van der Waals surface area contributed by atoms with E-state index in [4.69, 9.17) is 28.3 Å². The van der Waals surface area contributed by atoms with Crippen molar-refractivity contribution in [2.75, 3.05) is 13.1 Å². The number of piperidine rings is 1. The average molecular weight is 481 g/mol. The van der Waals surface area contributed by atoms with Crippen LogP contribution >= 0.6 is 23.2 Å². The van der Waals surface area contributed by atoms with Crippen molar-refractivity contribution in [3.8, 4) is 28.8 Å². The first kappa shape index (κ1) is 23.4. The van der Waals surface area contributed by atoms with E-state index in [1.165, 1.54) is 6.42 Å². The molecule has 1 aliphatic heterocycles. The molecule has 2 aromatic carbocycles. The predicted octanol–water partition coefficient (Wildman–Crippen LogP) is 6.05. The monoisotopic (exact) mass is 480 g/mol. The molecule has 4 rings (SSSR count). The second kappa shape index (κ2) is 10.4. The standard InChI is InChI=1S/C26H26Cl2N4O/c1-3-4-8-19-9-11-20(12-10-19)25-18(2)24(26(33)30-31-15-6-5-7-16-31)29-32(25)23-14-13-21(27)17-22(23)28/h9-14,17H,3,5-7,15-16H2,1-2H3,(H,30,33). The minimum absolute atomic E-state index is 0.218. The highest BCUT2D eigenvalue weighted by Gasteiger charge is 2.24. The number of carbonyl (C=O) groups is 1. The summed E-state index contributed by atoms with van der Waals surface area (Å²) in [5.74, 6) is 6.01. The minimum atomic E-state index is -0.218. The van der Waals surface area contributed by atoms with E-state index in [2.05, 4.69) is 17.3 Å². The van der Waals surface area contributed by atoms with Gasteiger partial charge in [0.15, 0.2) is 5.69 Å². The van der Waals surface area contributed by atoms with Gasteiger partial charge in [-0.15, -0.1) is 0 Å². The van der Waals surface area contributed by atoms with Gasteiger partial charge in [0.1, 0.15) is 0 Å². The van der Waals surface area contributed by atoms with Crippen LogP contribution in [0.15, 0.2) is 42.5 Å². The maximum absolute atomic E-state index is 13.2. The molecule has 33 heavy (non-hydrogen) atoms. The van der Waals surface area contributed by atoms with Gasteiger partial charge in [-0.2, -0.15) is 5.10 Å². The van der Waals surface area contributed by atoms with Gasteiger partial charge in [0, 0.05) is 41.2 Å². The van der Waals surface area contributed by atoms with E-state index < -0.39 is 0 Å². The molecule has 0 saturated carbocycles. The normalized spacial score (nSPS) is 13.9. The molecule has 0 spiro atoms. The Labute approximate surface area is 204 Å². The van der Waals surface area contributed by atoms with Crippen LogP contribution < -0.4 is 5.43 Å². The number of amides is 1. The van der Waals surface area contributed by atoms with Crippen molar-refractivity contribution in [3.63, 3.8) is 0 Å². The van der Waals surface area contributed by atoms with Crippen molar-refractivity contribution in [2.45, 2.75) is 39.5 Å². The number of carbonyl (C=O) groups excluding carboxylic acids is 1. The van der Waals surface area contributed by atoms with E-state index in [0.717, 1.165) is 54.7 Å². The van der Waals surface area contributed by atoms with Crippen molar-refractivity contribution in [1.82, 2.24) is 20.2 Å². The number of aromatic nitrogens is 2. The van der Waals surface area contributed by atoms with Crippen LogP contribution in [0.3, 0.4) is 0 Å². The summed E-state index contributed by atoms with van der Waals surface area (Å²) in [6.45, 7) is 5.64. The second-order valence-electron chi connectivity index (χ2n) is 8.05. The molecule has 1 amide bonds. The van der Waals surface area contributed by atoms with Crippen molar-refractivity contribution < 1.29 is 4.79 Å². The summed E-state index contributed by atoms with van der Waals surface area (Å²) in [6, 6.07) is 13.2. The van der Waals surface area contributed by atoms with Crippen LogP contribution in [0, 0.1) is 18.8 Å². The Morgan fingerprint density at radius 2 is 1.82 bits per heavy atom. The summed E-state index contributed by atoms with van der Waals surface area (Å²) < 4.78 is 1.73. The van der Waals surface area contributed by atoms with Crippen LogP contribution in [0.25, 0.3) is 16.9 Å². The van der Waals surface area contributed by atoms with Crippen LogP contribution in [-0.4, -0.2) is 33.8 Å². The molecule has 1 saturated heterocycles. The molecule has 3 aromatic rings. The molecule has 0 aliphatic carbocycles. The van der Waals surface area contributed by atoms with Crippen LogP contribution in [-0.2, 0) is 0 Å². The number of nitrogens with one attached hydrogen (secondary N) is 1. The minimum Gasteiger partial charge on any atom is -0.283 e. The van der Waals surface area contributed by atoms with Crippen molar-refractivity contribution in [3.05, 3.63) is 69.3 Å². The van der Waals surface area contributed by atoms with Crippen molar-refractivity contribution in [2.24, 2.45) is 0 Å². The lowest BCUT2D eigenvalue weighted by atomic mass is 10.0. The second-order valence-corrected chi connectivity index (χ2v) is 8.89. The zero-order valence-electron chi connectivity index (χ0n) is 18.8. The van der Waals surface area contributed by atoms with Crippen LogP contribution in [0.2, 0.25) is 10.0 Å². The van der Waals surface area contributed by atoms with Crippen molar-refractivity contribution >= 4 is 29.1 Å². The van der Waals surface area contributed by atoms with Gasteiger partial charge in [-0.25, -0.2) is 9.69 Å². The van der Waals surface area contributed by atoms with Gasteiger partial charge in [0.25, 0.3) is 5.91 Å². The van der Waals surface area contributed by atoms with E-state index in [1.807, 2.05) is 49.2 Å². The first-order valence-electron chi connectivity index (χ1n) is 11.2. The van der Waals surface area contributed by atoms with E-state index in [9.17, 15) is 4.79 Å². The maximum Gasteiger partial charge on any atom is 0.286 e. The molecule has 1 aromatic heterocycles. The molecule has 1 N–H and O–H groups in total. The smallest absolute Gasteiger partial charge is 0.283 e. The van der Waals surface area contributed by atoms with Gasteiger partial charge in [0.2, 0.25) is 0 Å². The summed E-state index contributed by atoms with van der Waals surface area (Å²) in [6.07, 6.45) is 4.15. The highest BCUT2D eigenvalue weighted by molar-refractivity contribution is 6.35. The predicted molar refractivity (Wildman–Crippen MR) is 134 cm³/mol. The van der Waals surface area contributed by atoms with Gasteiger partial charge < -0.3 is 0 Å². The molecule has 170 valence electrons. The Hall–Kier alpha value is -2.78. The quantitative estimate of drug-likeness (QED) is 0.462. The number of halogens is 2. The largest absolute Gasteiger partial charge is 0.286 e. The fourth-order valence-corrected chi connectivity index (χ4v) is 4.47. The summed E-state index contributed by atoms with van der Waals surface area (Å²) in [7, 11) is 0. The number of nitrogens with zero attached hydrogens (tertiary/aromatic N) is 3. The SMILES string of the molecule is CCC#Cc1ccc(-c2c(C)c(C(=O)NN3CCCCC3)nn2-c2ccc(Cl)cc2Cl)cc1. The highest BCUT2D eigenvalue weighted by atomic mass is 35.5. The third-order valence-electron chi connectivity index (χ3n) is 5.66. The number of rotatable bonds is 4. The van der Waals surface area contributed by atoms with Gasteiger partial charge >= 0.3 is 0 Å². The van der Waals surface area contributed by atoms with E-state index in [0.29, 0.717) is 21.4 Å². The Balaban J connectivity index is 1.78. The zero-order chi connectivity index (χ0) is 23.4. The van der Waals surface area contributed by atoms with Crippen LogP contribution in [0.1, 0.15) is 54.2 Å². The van der Waals surface area contributed by atoms with Crippen molar-refractivity contribution in [1.29, 1.82) is 0 Å². The topological polar surface area (TPSA) is 50.2 Å². The summed E-state index contributed by atoms with van der Waals surface area (Å²) in [5.41, 5.74) is 7.50. The molecular weight excluding hydrogens is 455 g/mol. The van der Waals surface area contributed by atoms with Gasteiger partial charge in [-0.1, -0.05) is 60.5 Å². The molecule has 1 fully saturated rings. The molecule has 1 aliphatic rings. The van der Waals surface area contributed by atoms with E-state index in [-0.39, 0.29) is 5.91 Å². The molecule has 0 bridgehead atoms. The lowest BCUT2D eigenvalue weighted by Crippen LogP contribution is -2.45. The first-order valence-corrected chi connectivity index (χ1v) is 11.9. The molecule has 0 radical (unpaired) electrons. The maximum atomic E-state index is 13.2. The number of hydrogen-bond acceptors (Lipinski definition) is 3.